The molecule has 0 aliphatic carbocycles. The Balaban J connectivity index is 1.52. The number of carbonyl (C=O) groups is 1. The van der Waals surface area contributed by atoms with E-state index >= 15 is 0 Å². The zero-order chi connectivity index (χ0) is 20.2. The quantitative estimate of drug-likeness (QED) is 0.328. The van der Waals surface area contributed by atoms with E-state index in [0.29, 0.717) is 42.2 Å². The molecule has 0 fully saturated rings. The van der Waals surface area contributed by atoms with Crippen LogP contribution >= 0.6 is 23.1 Å². The van der Waals surface area contributed by atoms with Crippen molar-refractivity contribution in [3.63, 3.8) is 0 Å². The Bertz CT molecular complexity index is 1080. The number of amides is 1. The van der Waals surface area contributed by atoms with E-state index in [9.17, 15) is 9.59 Å². The van der Waals surface area contributed by atoms with Crippen molar-refractivity contribution in [3.8, 4) is 0 Å². The first-order chi connectivity index (χ1) is 14.2. The van der Waals surface area contributed by atoms with Gasteiger partial charge in [0.05, 0.1) is 16.7 Å². The summed E-state index contributed by atoms with van der Waals surface area (Å²) in [5.41, 5.74) is 1.85. The molecule has 29 heavy (non-hydrogen) atoms. The van der Waals surface area contributed by atoms with Gasteiger partial charge in [-0.2, -0.15) is 0 Å². The summed E-state index contributed by atoms with van der Waals surface area (Å²) in [5, 5.41) is 3.28. The molecule has 1 aliphatic heterocycles. The van der Waals surface area contributed by atoms with E-state index < -0.39 is 0 Å². The van der Waals surface area contributed by atoms with Gasteiger partial charge in [0.15, 0.2) is 5.16 Å². The molecular weight excluding hydrogens is 406 g/mol. The standard InChI is InChI=1S/C21H23N3O3S2/c1-27-11-4-9-24-20(26)16-5-2-3-6-17(16)22-21(24)29-14-19(25)23-10-7-18-15(13-23)8-12-28-18/h2-3,5-6,8,12H,4,7,9-11,13-14H2,1H3. The van der Waals surface area contributed by atoms with Crippen LogP contribution in [0.4, 0.5) is 0 Å². The molecule has 6 nitrogen and oxygen atoms in total. The van der Waals surface area contributed by atoms with E-state index in [-0.39, 0.29) is 17.2 Å². The van der Waals surface area contributed by atoms with Gasteiger partial charge in [0.2, 0.25) is 5.91 Å². The Hall–Kier alpha value is -2.16. The topological polar surface area (TPSA) is 64.4 Å². The van der Waals surface area contributed by atoms with Crippen LogP contribution in [0.25, 0.3) is 10.9 Å². The van der Waals surface area contributed by atoms with E-state index in [1.807, 2.05) is 23.1 Å². The number of thioether (sulfide) groups is 1. The average Bonchev–Trinajstić information content (AvgIpc) is 3.22. The Morgan fingerprint density at radius 1 is 1.31 bits per heavy atom. The summed E-state index contributed by atoms with van der Waals surface area (Å²) in [6.07, 6.45) is 1.63. The Kier molecular flexibility index (Phi) is 6.32. The van der Waals surface area contributed by atoms with Crippen LogP contribution in [-0.2, 0) is 29.0 Å². The Morgan fingerprint density at radius 2 is 2.17 bits per heavy atom. The molecular formula is C21H23N3O3S2. The van der Waals surface area contributed by atoms with E-state index in [2.05, 4.69) is 16.4 Å². The van der Waals surface area contributed by atoms with Crippen molar-refractivity contribution in [2.75, 3.05) is 26.0 Å². The minimum absolute atomic E-state index is 0.0671. The van der Waals surface area contributed by atoms with Gasteiger partial charge in [0, 0.05) is 38.2 Å². The highest BCUT2D eigenvalue weighted by Crippen LogP contribution is 2.25. The van der Waals surface area contributed by atoms with Crippen LogP contribution < -0.4 is 5.56 Å². The second kappa shape index (κ2) is 9.11. The second-order valence-corrected chi connectivity index (χ2v) is 8.88. The van der Waals surface area contributed by atoms with Crippen LogP contribution in [0.2, 0.25) is 0 Å². The molecule has 4 rings (SSSR count). The first-order valence-electron chi connectivity index (χ1n) is 9.61. The van der Waals surface area contributed by atoms with Gasteiger partial charge in [-0.1, -0.05) is 23.9 Å². The number of hydrogen-bond donors (Lipinski definition) is 0. The molecule has 0 radical (unpaired) electrons. The van der Waals surface area contributed by atoms with E-state index in [1.165, 1.54) is 22.2 Å². The maximum absolute atomic E-state index is 13.0. The fraction of sp³-hybridized carbons (Fsp3) is 0.381. The highest BCUT2D eigenvalue weighted by molar-refractivity contribution is 7.99. The lowest BCUT2D eigenvalue weighted by Crippen LogP contribution is -2.36. The predicted molar refractivity (Wildman–Crippen MR) is 117 cm³/mol. The molecule has 0 atom stereocenters. The first-order valence-corrected chi connectivity index (χ1v) is 11.5. The van der Waals surface area contributed by atoms with Gasteiger partial charge in [0.1, 0.15) is 0 Å². The maximum atomic E-state index is 13.0. The molecule has 1 aliphatic rings. The van der Waals surface area contributed by atoms with Crippen LogP contribution in [0, 0.1) is 0 Å². The molecule has 0 N–H and O–H groups in total. The molecule has 0 unspecified atom stereocenters. The van der Waals surface area contributed by atoms with Gasteiger partial charge < -0.3 is 9.64 Å². The van der Waals surface area contributed by atoms with Crippen LogP contribution in [0.3, 0.4) is 0 Å². The van der Waals surface area contributed by atoms with Crippen molar-refractivity contribution in [1.82, 2.24) is 14.5 Å². The zero-order valence-electron chi connectivity index (χ0n) is 16.3. The zero-order valence-corrected chi connectivity index (χ0v) is 17.9. The molecule has 0 bridgehead atoms. The largest absolute Gasteiger partial charge is 0.385 e. The van der Waals surface area contributed by atoms with Crippen LogP contribution in [0.15, 0.2) is 45.7 Å². The minimum Gasteiger partial charge on any atom is -0.385 e. The first kappa shape index (κ1) is 20.1. The summed E-state index contributed by atoms with van der Waals surface area (Å²) in [4.78, 5) is 33.7. The summed E-state index contributed by atoms with van der Waals surface area (Å²) in [6, 6.07) is 9.45. The van der Waals surface area contributed by atoms with Crippen molar-refractivity contribution in [2.24, 2.45) is 0 Å². The van der Waals surface area contributed by atoms with Gasteiger partial charge in [-0.3, -0.25) is 14.2 Å². The number of ether oxygens (including phenoxy) is 1. The fourth-order valence-electron chi connectivity index (χ4n) is 3.50. The van der Waals surface area contributed by atoms with Crippen LogP contribution in [0.5, 0.6) is 0 Å². The lowest BCUT2D eigenvalue weighted by molar-refractivity contribution is -0.129. The number of nitrogens with zero attached hydrogens (tertiary/aromatic N) is 3. The van der Waals surface area contributed by atoms with Crippen molar-refractivity contribution < 1.29 is 9.53 Å². The third kappa shape index (κ3) is 4.39. The number of thiophene rings is 1. The Morgan fingerprint density at radius 3 is 3.03 bits per heavy atom. The maximum Gasteiger partial charge on any atom is 0.262 e. The summed E-state index contributed by atoms with van der Waals surface area (Å²) in [7, 11) is 1.65. The monoisotopic (exact) mass is 429 g/mol. The summed E-state index contributed by atoms with van der Waals surface area (Å²) in [6.45, 7) is 2.50. The van der Waals surface area contributed by atoms with Gasteiger partial charge >= 0.3 is 0 Å². The third-order valence-corrected chi connectivity index (χ3v) is 7.03. The van der Waals surface area contributed by atoms with Gasteiger partial charge in [-0.15, -0.1) is 11.3 Å². The van der Waals surface area contributed by atoms with E-state index in [1.54, 1.807) is 29.1 Å². The fourth-order valence-corrected chi connectivity index (χ4v) is 5.32. The van der Waals surface area contributed by atoms with Crippen LogP contribution in [0.1, 0.15) is 16.9 Å². The number of methoxy groups -OCH3 is 1. The molecule has 152 valence electrons. The number of fused-ring (bicyclic) bond motifs is 2. The lowest BCUT2D eigenvalue weighted by Gasteiger charge is -2.27. The molecule has 1 amide bonds. The molecule has 3 heterocycles. The predicted octanol–water partition coefficient (Wildman–Crippen LogP) is 3.17. The van der Waals surface area contributed by atoms with Crippen molar-refractivity contribution in [3.05, 3.63) is 56.5 Å². The minimum atomic E-state index is -0.0671. The Labute approximate surface area is 177 Å². The van der Waals surface area contributed by atoms with Gasteiger partial charge in [0.25, 0.3) is 5.56 Å². The summed E-state index contributed by atoms with van der Waals surface area (Å²) in [5.74, 6) is 0.354. The van der Waals surface area contributed by atoms with Crippen molar-refractivity contribution >= 4 is 39.9 Å². The number of aromatic nitrogens is 2. The smallest absolute Gasteiger partial charge is 0.262 e. The van der Waals surface area contributed by atoms with Gasteiger partial charge in [-0.25, -0.2) is 4.98 Å². The number of hydrogen-bond acceptors (Lipinski definition) is 6. The molecule has 0 saturated heterocycles. The number of benzene rings is 1. The summed E-state index contributed by atoms with van der Waals surface area (Å²) < 4.78 is 6.80. The molecule has 3 aromatic rings. The lowest BCUT2D eigenvalue weighted by atomic mass is 10.1. The number of carbonyl (C=O) groups excluding carboxylic acids is 1. The highest BCUT2D eigenvalue weighted by Gasteiger charge is 2.22. The third-order valence-electron chi connectivity index (χ3n) is 5.04. The normalized spacial score (nSPS) is 13.6. The van der Waals surface area contributed by atoms with Crippen molar-refractivity contribution in [1.29, 1.82) is 0 Å². The van der Waals surface area contributed by atoms with E-state index in [4.69, 9.17) is 4.74 Å². The van der Waals surface area contributed by atoms with Crippen LogP contribution in [-0.4, -0.2) is 46.4 Å². The SMILES string of the molecule is COCCCn1c(SCC(=O)N2CCc3sccc3C2)nc2ccccc2c1=O. The molecule has 0 spiro atoms. The molecule has 8 heteroatoms. The van der Waals surface area contributed by atoms with Crippen molar-refractivity contribution in [2.45, 2.75) is 31.1 Å². The van der Waals surface area contributed by atoms with E-state index in [0.717, 1.165) is 13.0 Å². The average molecular weight is 430 g/mol. The molecule has 2 aromatic heterocycles. The number of para-hydroxylation sites is 1. The number of rotatable bonds is 7. The highest BCUT2D eigenvalue weighted by atomic mass is 32.2. The molecule has 0 saturated carbocycles. The molecule has 1 aromatic carbocycles. The van der Waals surface area contributed by atoms with Gasteiger partial charge in [-0.05, 0) is 42.0 Å². The second-order valence-electron chi connectivity index (χ2n) is 6.94. The summed E-state index contributed by atoms with van der Waals surface area (Å²) >= 11 is 3.10.